The number of benzene rings is 1. The molecule has 2 saturated heterocycles. The van der Waals surface area contributed by atoms with Crippen LogP contribution in [0, 0.1) is 5.92 Å². The maximum atomic E-state index is 13.2. The van der Waals surface area contributed by atoms with Crippen LogP contribution < -0.4 is 14.8 Å². The second-order valence-corrected chi connectivity index (χ2v) is 8.65. The minimum atomic E-state index is -0.688. The summed E-state index contributed by atoms with van der Waals surface area (Å²) in [6, 6.07) is 5.62. The number of ether oxygens (including phenoxy) is 2. The van der Waals surface area contributed by atoms with Crippen LogP contribution in [0.1, 0.15) is 57.1 Å². The van der Waals surface area contributed by atoms with Gasteiger partial charge in [0.15, 0.2) is 0 Å². The van der Waals surface area contributed by atoms with Crippen LogP contribution in [0.3, 0.4) is 0 Å². The van der Waals surface area contributed by atoms with Crippen LogP contribution in [-0.4, -0.2) is 54.7 Å². The van der Waals surface area contributed by atoms with Crippen molar-refractivity contribution in [2.24, 2.45) is 5.92 Å². The molecule has 3 fully saturated rings. The first-order chi connectivity index (χ1) is 14.0. The molecule has 158 valence electrons. The zero-order valence-electron chi connectivity index (χ0n) is 17.6. The number of nitrogens with zero attached hydrogens (tertiary/aromatic N) is 2. The fourth-order valence-electron chi connectivity index (χ4n) is 5.03. The quantitative estimate of drug-likeness (QED) is 0.767. The summed E-state index contributed by atoms with van der Waals surface area (Å²) in [5.41, 5.74) is 0.351. The van der Waals surface area contributed by atoms with Crippen molar-refractivity contribution in [1.82, 2.24) is 15.1 Å². The minimum absolute atomic E-state index is 0.0577. The molecule has 0 bridgehead atoms. The summed E-state index contributed by atoms with van der Waals surface area (Å²) in [5, 5.41) is 3.03. The van der Waals surface area contributed by atoms with Gasteiger partial charge in [-0.25, -0.2) is 9.69 Å². The Morgan fingerprint density at radius 1 is 1.14 bits per heavy atom. The Balaban J connectivity index is 1.53. The van der Waals surface area contributed by atoms with Gasteiger partial charge in [0, 0.05) is 18.2 Å². The van der Waals surface area contributed by atoms with Crippen molar-refractivity contribution in [2.45, 2.75) is 57.0 Å². The van der Waals surface area contributed by atoms with E-state index >= 15 is 0 Å². The number of methoxy groups -OCH3 is 2. The van der Waals surface area contributed by atoms with Crippen molar-refractivity contribution in [3.8, 4) is 11.5 Å². The molecule has 2 heterocycles. The lowest BCUT2D eigenvalue weighted by Gasteiger charge is -2.34. The van der Waals surface area contributed by atoms with Gasteiger partial charge in [0.2, 0.25) is 0 Å². The van der Waals surface area contributed by atoms with Gasteiger partial charge in [-0.05, 0) is 62.6 Å². The highest BCUT2D eigenvalue weighted by Crippen LogP contribution is 2.40. The highest BCUT2D eigenvalue weighted by Gasteiger charge is 2.52. The number of urea groups is 1. The molecule has 0 aromatic heterocycles. The van der Waals surface area contributed by atoms with Crippen LogP contribution in [0.5, 0.6) is 11.5 Å². The number of carbonyl (C=O) groups is 2. The number of amides is 3. The maximum absolute atomic E-state index is 13.2. The topological polar surface area (TPSA) is 71.1 Å². The van der Waals surface area contributed by atoms with E-state index in [0.29, 0.717) is 12.6 Å². The van der Waals surface area contributed by atoms with E-state index in [1.165, 1.54) is 4.90 Å². The number of likely N-dealkylation sites (tertiary alicyclic amines) is 1. The minimum Gasteiger partial charge on any atom is -0.497 e. The summed E-state index contributed by atoms with van der Waals surface area (Å²) in [6.45, 7) is 3.36. The molecule has 1 saturated carbocycles. The summed E-state index contributed by atoms with van der Waals surface area (Å²) >= 11 is 0. The Morgan fingerprint density at radius 3 is 2.59 bits per heavy atom. The Labute approximate surface area is 172 Å². The van der Waals surface area contributed by atoms with Crippen LogP contribution in [0.4, 0.5) is 4.79 Å². The third kappa shape index (κ3) is 3.56. The summed E-state index contributed by atoms with van der Waals surface area (Å²) in [4.78, 5) is 29.6. The number of carbonyl (C=O) groups excluding carboxylic acids is 2. The molecule has 1 aromatic carbocycles. The van der Waals surface area contributed by atoms with Gasteiger partial charge >= 0.3 is 6.03 Å². The van der Waals surface area contributed by atoms with Gasteiger partial charge in [-0.1, -0.05) is 6.92 Å². The van der Waals surface area contributed by atoms with Gasteiger partial charge in [0.25, 0.3) is 5.91 Å². The third-order valence-corrected chi connectivity index (χ3v) is 6.86. The van der Waals surface area contributed by atoms with Gasteiger partial charge < -0.3 is 14.8 Å². The largest absolute Gasteiger partial charge is 0.497 e. The van der Waals surface area contributed by atoms with Crippen molar-refractivity contribution in [3.63, 3.8) is 0 Å². The molecule has 1 spiro atoms. The van der Waals surface area contributed by atoms with Crippen molar-refractivity contribution < 1.29 is 19.1 Å². The molecule has 0 radical (unpaired) electrons. The molecule has 1 unspecified atom stereocenters. The normalized spacial score (nSPS) is 30.1. The highest BCUT2D eigenvalue weighted by atomic mass is 16.5. The average molecular weight is 402 g/mol. The van der Waals surface area contributed by atoms with Crippen LogP contribution in [0.2, 0.25) is 0 Å². The predicted octanol–water partition coefficient (Wildman–Crippen LogP) is 3.30. The number of hydrogen-bond donors (Lipinski definition) is 1. The van der Waals surface area contributed by atoms with E-state index < -0.39 is 5.54 Å². The zero-order chi connectivity index (χ0) is 20.6. The lowest BCUT2D eigenvalue weighted by atomic mass is 9.77. The number of rotatable bonds is 5. The second kappa shape index (κ2) is 7.86. The van der Waals surface area contributed by atoms with Crippen molar-refractivity contribution in [3.05, 3.63) is 23.8 Å². The molecule has 3 aliphatic rings. The van der Waals surface area contributed by atoms with E-state index in [-0.39, 0.29) is 18.0 Å². The Morgan fingerprint density at radius 2 is 1.90 bits per heavy atom. The Bertz CT molecular complexity index is 788. The van der Waals surface area contributed by atoms with Gasteiger partial charge in [-0.3, -0.25) is 9.69 Å². The summed E-state index contributed by atoms with van der Waals surface area (Å²) in [5.74, 6) is 2.14. The van der Waals surface area contributed by atoms with Crippen molar-refractivity contribution >= 4 is 11.9 Å². The number of nitrogens with one attached hydrogen (secondary N) is 1. The van der Waals surface area contributed by atoms with Gasteiger partial charge in [-0.15, -0.1) is 0 Å². The maximum Gasteiger partial charge on any atom is 0.326 e. The van der Waals surface area contributed by atoms with E-state index in [4.69, 9.17) is 9.47 Å². The molecule has 3 amide bonds. The first-order valence-electron chi connectivity index (χ1n) is 10.6. The molecule has 2 aliphatic heterocycles. The van der Waals surface area contributed by atoms with E-state index in [1.54, 1.807) is 14.2 Å². The molecule has 1 atom stereocenters. The summed E-state index contributed by atoms with van der Waals surface area (Å²) < 4.78 is 11.0. The van der Waals surface area contributed by atoms with Gasteiger partial charge in [0.1, 0.15) is 17.0 Å². The number of hydrogen-bond acceptors (Lipinski definition) is 5. The highest BCUT2D eigenvalue weighted by molar-refractivity contribution is 6.07. The van der Waals surface area contributed by atoms with Gasteiger partial charge in [-0.2, -0.15) is 0 Å². The van der Waals surface area contributed by atoms with E-state index in [1.807, 2.05) is 18.2 Å². The molecule has 1 aromatic rings. The third-order valence-electron chi connectivity index (χ3n) is 6.86. The molecular weight excluding hydrogens is 370 g/mol. The Hall–Kier alpha value is -2.28. The lowest BCUT2D eigenvalue weighted by molar-refractivity contribution is -0.134. The average Bonchev–Trinajstić information content (AvgIpc) is 3.28. The molecule has 7 heteroatoms. The lowest BCUT2D eigenvalue weighted by Crippen LogP contribution is -2.50. The summed E-state index contributed by atoms with van der Waals surface area (Å²) in [7, 11) is 3.31. The van der Waals surface area contributed by atoms with Crippen molar-refractivity contribution in [2.75, 3.05) is 27.4 Å². The first kappa shape index (κ1) is 20.0. The SMILES string of the molecule is COc1ccc(OC)c(C2CCCN2CN2C(=O)NC3(CCC(C)CC3)C2=O)c1. The fraction of sp³-hybridized carbons (Fsp3) is 0.636. The second-order valence-electron chi connectivity index (χ2n) is 8.65. The molecule has 29 heavy (non-hydrogen) atoms. The molecule has 1 N–H and O–H groups in total. The van der Waals surface area contributed by atoms with E-state index in [9.17, 15) is 9.59 Å². The molecule has 4 rings (SSSR count). The standard InChI is InChI=1S/C22H31N3O4/c1-15-8-10-22(11-9-15)20(26)25(21(27)23-22)14-24-12-4-5-18(24)17-13-16(28-2)6-7-19(17)29-3/h6-7,13,15,18H,4-5,8-12,14H2,1-3H3,(H,23,27). The summed E-state index contributed by atoms with van der Waals surface area (Å²) in [6.07, 6.45) is 5.40. The smallest absolute Gasteiger partial charge is 0.326 e. The predicted molar refractivity (Wildman–Crippen MR) is 109 cm³/mol. The van der Waals surface area contributed by atoms with Crippen molar-refractivity contribution in [1.29, 1.82) is 0 Å². The van der Waals surface area contributed by atoms with Crippen LogP contribution >= 0.6 is 0 Å². The Kier molecular flexibility index (Phi) is 5.42. The molecule has 1 aliphatic carbocycles. The fourth-order valence-corrected chi connectivity index (χ4v) is 5.03. The van der Waals surface area contributed by atoms with Gasteiger partial charge in [0.05, 0.1) is 20.9 Å². The molecule has 7 nitrogen and oxygen atoms in total. The van der Waals surface area contributed by atoms with Crippen LogP contribution in [0.15, 0.2) is 18.2 Å². The zero-order valence-corrected chi connectivity index (χ0v) is 17.6. The number of imide groups is 1. The van der Waals surface area contributed by atoms with E-state index in [0.717, 1.165) is 62.1 Å². The monoisotopic (exact) mass is 401 g/mol. The van der Waals surface area contributed by atoms with Crippen LogP contribution in [-0.2, 0) is 4.79 Å². The first-order valence-corrected chi connectivity index (χ1v) is 10.6. The molecular formula is C22H31N3O4. The van der Waals surface area contributed by atoms with Crippen LogP contribution in [0.25, 0.3) is 0 Å². The van der Waals surface area contributed by atoms with E-state index in [2.05, 4.69) is 17.1 Å².